The number of carbonyl (C=O) groups excluding carboxylic acids is 1. The van der Waals surface area contributed by atoms with Crippen molar-refractivity contribution in [1.29, 1.82) is 0 Å². The highest BCUT2D eigenvalue weighted by molar-refractivity contribution is 5.75. The molecule has 5 heterocycles. The summed E-state index contributed by atoms with van der Waals surface area (Å²) in [6.45, 7) is 4.39. The Kier molecular flexibility index (Phi) is 4.87. The molecule has 1 N–H and O–H groups in total. The predicted octanol–water partition coefficient (Wildman–Crippen LogP) is 0.588. The van der Waals surface area contributed by atoms with Crippen molar-refractivity contribution < 1.29 is 9.53 Å². The third-order valence-electron chi connectivity index (χ3n) is 6.81. The molecular formula is C20H29N7O2. The minimum absolute atomic E-state index is 0.00460. The molecule has 3 aliphatic rings. The summed E-state index contributed by atoms with van der Waals surface area (Å²) in [5.74, 6) is 1.04. The molecule has 29 heavy (non-hydrogen) atoms. The maximum atomic E-state index is 12.3. The SMILES string of the molecule is Cn1cc(CN2C[C@@H]3[C@H](CNC(=O)CCCn4cncn4)[C@H]4CC[C@]3(C2)O4)cn1. The number of ether oxygens (including phenoxy) is 1. The molecule has 3 saturated heterocycles. The zero-order chi connectivity index (χ0) is 19.8. The van der Waals surface area contributed by atoms with Crippen LogP contribution in [0.2, 0.25) is 0 Å². The summed E-state index contributed by atoms with van der Waals surface area (Å²) in [5, 5.41) is 11.5. The van der Waals surface area contributed by atoms with Gasteiger partial charge in [-0.05, 0) is 19.3 Å². The van der Waals surface area contributed by atoms with Crippen molar-refractivity contribution in [2.24, 2.45) is 18.9 Å². The molecule has 2 aromatic heterocycles. The van der Waals surface area contributed by atoms with E-state index in [1.165, 1.54) is 11.9 Å². The maximum absolute atomic E-state index is 12.3. The molecule has 2 bridgehead atoms. The molecule has 0 aromatic carbocycles. The summed E-state index contributed by atoms with van der Waals surface area (Å²) in [7, 11) is 1.95. The number of hydrogen-bond acceptors (Lipinski definition) is 6. The molecule has 0 aliphatic carbocycles. The summed E-state index contributed by atoms with van der Waals surface area (Å²) in [6.07, 6.45) is 11.1. The molecule has 4 atom stereocenters. The van der Waals surface area contributed by atoms with Crippen LogP contribution in [0.4, 0.5) is 0 Å². The lowest BCUT2D eigenvalue weighted by Crippen LogP contribution is -2.41. The Bertz CT molecular complexity index is 851. The molecule has 0 saturated carbocycles. The fraction of sp³-hybridized carbons (Fsp3) is 0.700. The van der Waals surface area contributed by atoms with Gasteiger partial charge in [-0.3, -0.25) is 19.1 Å². The lowest BCUT2D eigenvalue weighted by Gasteiger charge is -2.29. The Balaban J connectivity index is 1.13. The molecule has 156 valence electrons. The number of amides is 1. The highest BCUT2D eigenvalue weighted by Crippen LogP contribution is 2.54. The fourth-order valence-corrected chi connectivity index (χ4v) is 5.56. The number of likely N-dealkylation sites (tertiary alicyclic amines) is 1. The van der Waals surface area contributed by atoms with Crippen molar-refractivity contribution in [3.05, 3.63) is 30.6 Å². The number of fused-ring (bicyclic) bond motifs is 1. The van der Waals surface area contributed by atoms with E-state index >= 15 is 0 Å². The van der Waals surface area contributed by atoms with E-state index in [1.54, 1.807) is 11.0 Å². The number of nitrogens with one attached hydrogen (secondary N) is 1. The molecule has 9 nitrogen and oxygen atoms in total. The van der Waals surface area contributed by atoms with E-state index in [0.29, 0.717) is 24.4 Å². The van der Waals surface area contributed by atoms with Crippen LogP contribution in [-0.2, 0) is 29.7 Å². The average molecular weight is 399 g/mol. The van der Waals surface area contributed by atoms with Gasteiger partial charge in [-0.1, -0.05) is 0 Å². The quantitative estimate of drug-likeness (QED) is 0.699. The summed E-state index contributed by atoms with van der Waals surface area (Å²) in [5.41, 5.74) is 1.24. The minimum atomic E-state index is -0.00460. The Morgan fingerprint density at radius 3 is 3.14 bits per heavy atom. The average Bonchev–Trinajstić information content (AvgIpc) is 3.48. The first-order chi connectivity index (χ1) is 14.1. The Hall–Kier alpha value is -2.26. The van der Waals surface area contributed by atoms with E-state index in [0.717, 1.165) is 52.0 Å². The first kappa shape index (κ1) is 18.7. The molecule has 9 heteroatoms. The number of aryl methyl sites for hydroxylation is 2. The van der Waals surface area contributed by atoms with Crippen molar-refractivity contribution >= 4 is 5.91 Å². The zero-order valence-electron chi connectivity index (χ0n) is 16.9. The highest BCUT2D eigenvalue weighted by atomic mass is 16.5. The van der Waals surface area contributed by atoms with Crippen LogP contribution in [0.1, 0.15) is 31.2 Å². The molecular weight excluding hydrogens is 370 g/mol. The van der Waals surface area contributed by atoms with E-state index in [9.17, 15) is 4.79 Å². The maximum Gasteiger partial charge on any atom is 0.220 e. The Morgan fingerprint density at radius 2 is 2.34 bits per heavy atom. The summed E-state index contributed by atoms with van der Waals surface area (Å²) in [6, 6.07) is 0. The molecule has 2 aromatic rings. The molecule has 3 aliphatic heterocycles. The van der Waals surface area contributed by atoms with E-state index in [-0.39, 0.29) is 11.5 Å². The first-order valence-corrected chi connectivity index (χ1v) is 10.6. The van der Waals surface area contributed by atoms with Gasteiger partial charge in [-0.25, -0.2) is 4.98 Å². The third kappa shape index (κ3) is 3.69. The van der Waals surface area contributed by atoms with Gasteiger partial charge in [0.25, 0.3) is 0 Å². The van der Waals surface area contributed by atoms with Gasteiger partial charge in [-0.15, -0.1) is 0 Å². The van der Waals surface area contributed by atoms with Gasteiger partial charge < -0.3 is 10.1 Å². The number of aromatic nitrogens is 5. The van der Waals surface area contributed by atoms with Crippen LogP contribution < -0.4 is 5.32 Å². The van der Waals surface area contributed by atoms with E-state index in [1.807, 2.05) is 17.9 Å². The predicted molar refractivity (Wildman–Crippen MR) is 105 cm³/mol. The Morgan fingerprint density at radius 1 is 1.41 bits per heavy atom. The second-order valence-corrected chi connectivity index (χ2v) is 8.79. The topological polar surface area (TPSA) is 90.1 Å². The second kappa shape index (κ2) is 7.53. The van der Waals surface area contributed by atoms with Gasteiger partial charge in [0, 0.05) is 69.8 Å². The summed E-state index contributed by atoms with van der Waals surface area (Å²) >= 11 is 0. The zero-order valence-corrected chi connectivity index (χ0v) is 16.9. The third-order valence-corrected chi connectivity index (χ3v) is 6.81. The number of nitrogens with zero attached hydrogens (tertiary/aromatic N) is 6. The van der Waals surface area contributed by atoms with Crippen LogP contribution in [-0.4, -0.2) is 66.7 Å². The summed E-state index contributed by atoms with van der Waals surface area (Å²) < 4.78 is 10.1. The van der Waals surface area contributed by atoms with E-state index in [4.69, 9.17) is 4.74 Å². The molecule has 0 unspecified atom stereocenters. The van der Waals surface area contributed by atoms with Crippen LogP contribution in [0.3, 0.4) is 0 Å². The van der Waals surface area contributed by atoms with Gasteiger partial charge in [0.1, 0.15) is 12.7 Å². The second-order valence-electron chi connectivity index (χ2n) is 8.79. The lowest BCUT2D eigenvalue weighted by atomic mass is 9.73. The Labute approximate surface area is 170 Å². The smallest absolute Gasteiger partial charge is 0.220 e. The molecule has 0 radical (unpaired) electrons. The van der Waals surface area contributed by atoms with Gasteiger partial charge in [0.05, 0.1) is 17.9 Å². The van der Waals surface area contributed by atoms with E-state index < -0.39 is 0 Å². The lowest BCUT2D eigenvalue weighted by molar-refractivity contribution is -0.121. The van der Waals surface area contributed by atoms with Crippen LogP contribution >= 0.6 is 0 Å². The van der Waals surface area contributed by atoms with Crippen molar-refractivity contribution in [2.45, 2.75) is 50.5 Å². The number of hydrogen-bond donors (Lipinski definition) is 1. The van der Waals surface area contributed by atoms with Crippen LogP contribution in [0, 0.1) is 11.8 Å². The fourth-order valence-electron chi connectivity index (χ4n) is 5.56. The van der Waals surface area contributed by atoms with E-state index in [2.05, 4.69) is 31.6 Å². The van der Waals surface area contributed by atoms with Crippen molar-refractivity contribution in [2.75, 3.05) is 19.6 Å². The standard InChI is InChI=1S/C20H29N7O2/c1-25-9-15(7-23-25)10-26-11-17-16(18-4-5-20(17,12-26)29-18)8-22-19(28)3-2-6-27-14-21-13-24-27/h7,9,13-14,16-18H,2-6,8,10-12H2,1H3,(H,22,28)/t16-,17+,18+,20+/m0/s1. The van der Waals surface area contributed by atoms with Crippen LogP contribution in [0.25, 0.3) is 0 Å². The van der Waals surface area contributed by atoms with Crippen LogP contribution in [0.5, 0.6) is 0 Å². The van der Waals surface area contributed by atoms with Crippen molar-refractivity contribution in [3.63, 3.8) is 0 Å². The number of carbonyl (C=O) groups is 1. The molecule has 1 amide bonds. The molecule has 5 rings (SSSR count). The van der Waals surface area contributed by atoms with Crippen molar-refractivity contribution in [3.8, 4) is 0 Å². The highest BCUT2D eigenvalue weighted by Gasteiger charge is 2.62. The monoisotopic (exact) mass is 399 g/mol. The van der Waals surface area contributed by atoms with Gasteiger partial charge in [-0.2, -0.15) is 10.2 Å². The van der Waals surface area contributed by atoms with Gasteiger partial charge in [0.2, 0.25) is 5.91 Å². The van der Waals surface area contributed by atoms with Gasteiger partial charge in [0.15, 0.2) is 0 Å². The first-order valence-electron chi connectivity index (χ1n) is 10.6. The largest absolute Gasteiger partial charge is 0.370 e. The summed E-state index contributed by atoms with van der Waals surface area (Å²) in [4.78, 5) is 18.7. The normalized spacial score (nSPS) is 30.7. The molecule has 3 fully saturated rings. The minimum Gasteiger partial charge on any atom is -0.370 e. The van der Waals surface area contributed by atoms with Gasteiger partial charge >= 0.3 is 0 Å². The van der Waals surface area contributed by atoms with Crippen molar-refractivity contribution in [1.82, 2.24) is 34.8 Å². The molecule has 1 spiro atoms. The van der Waals surface area contributed by atoms with Crippen LogP contribution in [0.15, 0.2) is 25.0 Å². The number of rotatable bonds is 8.